The molecule has 10 nitrogen and oxygen atoms in total. The number of alkyl carbamates (subject to hydrolysis) is 2. The molecule has 190 valence electrons. The maximum atomic E-state index is 11.9. The van der Waals surface area contributed by atoms with Crippen molar-refractivity contribution in [2.45, 2.75) is 44.7 Å². The predicted molar refractivity (Wildman–Crippen MR) is 128 cm³/mol. The molecule has 4 aliphatic heterocycles. The van der Waals surface area contributed by atoms with E-state index >= 15 is 0 Å². The maximum absolute atomic E-state index is 11.9. The molecular formula is C23H44N6O4. The van der Waals surface area contributed by atoms with Gasteiger partial charge in [0.05, 0.1) is 12.1 Å². The van der Waals surface area contributed by atoms with Gasteiger partial charge in [0.25, 0.3) is 0 Å². The maximum Gasteiger partial charge on any atom is 0.407 e. The molecule has 2 atom stereocenters. The van der Waals surface area contributed by atoms with E-state index in [0.717, 1.165) is 84.6 Å². The van der Waals surface area contributed by atoms with Crippen molar-refractivity contribution in [2.75, 3.05) is 92.3 Å². The summed E-state index contributed by atoms with van der Waals surface area (Å²) in [5.74, 6) is 0. The number of nitrogens with zero attached hydrogens (tertiary/aromatic N) is 4. The number of unbranched alkanes of at least 4 members (excludes halogenated alkanes) is 3. The average molecular weight is 469 g/mol. The van der Waals surface area contributed by atoms with Gasteiger partial charge < -0.3 is 25.0 Å². The van der Waals surface area contributed by atoms with Gasteiger partial charge in [-0.05, 0) is 26.4 Å². The number of carbonyl (C=O) groups excluding carboxylic acids is 2. The number of nitrogens with one attached hydrogen (secondary N) is 2. The number of hydrogen-bond acceptors (Lipinski definition) is 8. The number of amides is 2. The lowest BCUT2D eigenvalue weighted by molar-refractivity contribution is -0.0146. The van der Waals surface area contributed by atoms with Gasteiger partial charge in [0.15, 0.2) is 0 Å². The molecule has 0 aromatic heterocycles. The Bertz CT molecular complexity index is 602. The zero-order chi connectivity index (χ0) is 23.5. The van der Waals surface area contributed by atoms with Crippen LogP contribution in [0.1, 0.15) is 32.6 Å². The van der Waals surface area contributed by atoms with Crippen LogP contribution in [0.5, 0.6) is 0 Å². The first kappa shape index (κ1) is 26.0. The first-order chi connectivity index (χ1) is 16.0. The van der Waals surface area contributed by atoms with Crippen LogP contribution in [0.3, 0.4) is 0 Å². The summed E-state index contributed by atoms with van der Waals surface area (Å²) in [6.45, 7) is 13.8. The number of likely N-dealkylation sites (N-methyl/N-ethyl adjacent to an activating group) is 2. The molecule has 10 heteroatoms. The lowest BCUT2D eigenvalue weighted by Crippen LogP contribution is -2.62. The van der Waals surface area contributed by atoms with Crippen molar-refractivity contribution in [2.24, 2.45) is 0 Å². The molecule has 33 heavy (non-hydrogen) atoms. The topological polar surface area (TPSA) is 89.6 Å². The summed E-state index contributed by atoms with van der Waals surface area (Å²) in [7, 11) is 2.09. The van der Waals surface area contributed by atoms with E-state index in [1.165, 1.54) is 0 Å². The first-order valence-electron chi connectivity index (χ1n) is 12.8. The Morgan fingerprint density at radius 3 is 1.94 bits per heavy atom. The molecular weight excluding hydrogens is 424 g/mol. The van der Waals surface area contributed by atoms with Crippen molar-refractivity contribution in [3.8, 4) is 0 Å². The SMILES string of the molecule is CCN1CCN(C)C(COC(=O)NCCCCCCNC(=O)OCC2CN3CCN2CC3)C1. The first-order valence-corrected chi connectivity index (χ1v) is 12.8. The number of ether oxygens (including phenoxy) is 2. The van der Waals surface area contributed by atoms with E-state index in [1.807, 2.05) is 0 Å². The summed E-state index contributed by atoms with van der Waals surface area (Å²) in [6, 6.07) is 0.601. The van der Waals surface area contributed by atoms with Gasteiger partial charge in [-0.2, -0.15) is 0 Å². The molecule has 4 saturated heterocycles. The summed E-state index contributed by atoms with van der Waals surface area (Å²) in [6.07, 6.45) is 3.16. The fraction of sp³-hybridized carbons (Fsp3) is 0.913. The van der Waals surface area contributed by atoms with Crippen LogP contribution in [0.15, 0.2) is 0 Å². The van der Waals surface area contributed by atoms with Gasteiger partial charge in [-0.3, -0.25) is 14.7 Å². The van der Waals surface area contributed by atoms with Gasteiger partial charge in [0, 0.05) is 65.4 Å². The molecule has 4 rings (SSSR count). The minimum atomic E-state index is -0.333. The predicted octanol–water partition coefficient (Wildman–Crippen LogP) is 0.635. The third-order valence-corrected chi connectivity index (χ3v) is 7.16. The Morgan fingerprint density at radius 1 is 0.788 bits per heavy atom. The number of fused-ring (bicyclic) bond motifs is 3. The van der Waals surface area contributed by atoms with Crippen molar-refractivity contribution in [3.05, 3.63) is 0 Å². The lowest BCUT2D eigenvalue weighted by Gasteiger charge is -2.47. The summed E-state index contributed by atoms with van der Waals surface area (Å²) >= 11 is 0. The van der Waals surface area contributed by atoms with E-state index in [9.17, 15) is 9.59 Å². The van der Waals surface area contributed by atoms with Crippen LogP contribution in [0.2, 0.25) is 0 Å². The third-order valence-electron chi connectivity index (χ3n) is 7.16. The van der Waals surface area contributed by atoms with Gasteiger partial charge >= 0.3 is 12.2 Å². The molecule has 4 aliphatic rings. The summed E-state index contributed by atoms with van der Waals surface area (Å²) in [5.41, 5.74) is 0. The van der Waals surface area contributed by atoms with Gasteiger partial charge in [0.1, 0.15) is 13.2 Å². The highest BCUT2D eigenvalue weighted by atomic mass is 16.6. The van der Waals surface area contributed by atoms with Crippen molar-refractivity contribution in [1.82, 2.24) is 30.2 Å². The third kappa shape index (κ3) is 8.92. The van der Waals surface area contributed by atoms with Crippen molar-refractivity contribution in [1.29, 1.82) is 0 Å². The number of piperazine rings is 4. The molecule has 2 unspecified atom stereocenters. The van der Waals surface area contributed by atoms with Crippen LogP contribution in [0, 0.1) is 0 Å². The highest BCUT2D eigenvalue weighted by Crippen LogP contribution is 2.15. The van der Waals surface area contributed by atoms with Crippen LogP contribution >= 0.6 is 0 Å². The highest BCUT2D eigenvalue weighted by Gasteiger charge is 2.32. The molecule has 2 amide bonds. The molecule has 0 aliphatic carbocycles. The summed E-state index contributed by atoms with van der Waals surface area (Å²) in [5, 5.41) is 5.68. The second-order valence-corrected chi connectivity index (χ2v) is 9.48. The molecule has 0 saturated carbocycles. The fourth-order valence-corrected chi connectivity index (χ4v) is 4.79. The lowest BCUT2D eigenvalue weighted by atomic mass is 10.1. The second-order valence-electron chi connectivity index (χ2n) is 9.48. The van der Waals surface area contributed by atoms with Crippen LogP contribution in [-0.4, -0.2) is 136 Å². The Balaban J connectivity index is 1.11. The molecule has 0 radical (unpaired) electrons. The zero-order valence-electron chi connectivity index (χ0n) is 20.6. The van der Waals surface area contributed by atoms with Crippen LogP contribution in [0.4, 0.5) is 9.59 Å². The largest absolute Gasteiger partial charge is 0.448 e. The Hall–Kier alpha value is -1.62. The van der Waals surface area contributed by atoms with E-state index in [2.05, 4.69) is 44.2 Å². The van der Waals surface area contributed by atoms with Gasteiger partial charge in [-0.1, -0.05) is 19.8 Å². The number of carbonyl (C=O) groups is 2. The van der Waals surface area contributed by atoms with Crippen molar-refractivity contribution >= 4 is 12.2 Å². The smallest absolute Gasteiger partial charge is 0.407 e. The molecule has 2 N–H and O–H groups in total. The van der Waals surface area contributed by atoms with E-state index in [-0.39, 0.29) is 18.2 Å². The Kier molecular flexibility index (Phi) is 11.0. The Morgan fingerprint density at radius 2 is 1.39 bits per heavy atom. The molecule has 4 fully saturated rings. The zero-order valence-corrected chi connectivity index (χ0v) is 20.6. The number of rotatable bonds is 12. The monoisotopic (exact) mass is 468 g/mol. The van der Waals surface area contributed by atoms with Crippen LogP contribution in [-0.2, 0) is 9.47 Å². The molecule has 0 aromatic carbocycles. The normalized spacial score (nSPS) is 27.8. The van der Waals surface area contributed by atoms with E-state index in [0.29, 0.717) is 32.3 Å². The standard InChI is InChI=1S/C23H44N6O4/c1-3-27-11-10-26(2)20(16-27)18-32-22(30)24-8-6-4-5-7-9-25-23(31)33-19-21-17-28-12-14-29(21)15-13-28/h20-21H,3-19H2,1-2H3,(H,24,30)(H,25,31). The number of hydrogen-bond donors (Lipinski definition) is 2. The fourth-order valence-electron chi connectivity index (χ4n) is 4.79. The van der Waals surface area contributed by atoms with Crippen LogP contribution < -0.4 is 10.6 Å². The summed E-state index contributed by atoms with van der Waals surface area (Å²) in [4.78, 5) is 33.4. The average Bonchev–Trinajstić information content (AvgIpc) is 2.84. The quantitative estimate of drug-likeness (QED) is 0.403. The van der Waals surface area contributed by atoms with Gasteiger partial charge in [-0.15, -0.1) is 0 Å². The van der Waals surface area contributed by atoms with Gasteiger partial charge in [-0.25, -0.2) is 9.59 Å². The van der Waals surface area contributed by atoms with E-state index < -0.39 is 0 Å². The second kappa shape index (κ2) is 13.9. The molecule has 4 heterocycles. The molecule has 0 aromatic rings. The molecule has 2 bridgehead atoms. The van der Waals surface area contributed by atoms with Gasteiger partial charge in [0.2, 0.25) is 0 Å². The van der Waals surface area contributed by atoms with Crippen molar-refractivity contribution in [3.63, 3.8) is 0 Å². The highest BCUT2D eigenvalue weighted by molar-refractivity contribution is 5.67. The minimum absolute atomic E-state index is 0.261. The van der Waals surface area contributed by atoms with E-state index in [1.54, 1.807) is 0 Å². The van der Waals surface area contributed by atoms with Crippen molar-refractivity contribution < 1.29 is 19.1 Å². The van der Waals surface area contributed by atoms with Crippen LogP contribution in [0.25, 0.3) is 0 Å². The molecule has 0 spiro atoms. The minimum Gasteiger partial charge on any atom is -0.448 e. The Labute approximate surface area is 198 Å². The van der Waals surface area contributed by atoms with E-state index in [4.69, 9.17) is 9.47 Å². The summed E-state index contributed by atoms with van der Waals surface area (Å²) < 4.78 is 10.8.